The summed E-state index contributed by atoms with van der Waals surface area (Å²) in [5.41, 5.74) is 6.94. The highest BCUT2D eigenvalue weighted by Gasteiger charge is 2.21. The second-order valence-electron chi connectivity index (χ2n) is 5.63. The molecule has 0 radical (unpaired) electrons. The van der Waals surface area contributed by atoms with Crippen LogP contribution in [-0.2, 0) is 6.54 Å². The van der Waals surface area contributed by atoms with Crippen LogP contribution in [0.5, 0.6) is 0 Å². The third-order valence-corrected chi connectivity index (χ3v) is 3.66. The molecule has 2 rings (SSSR count). The molecule has 0 aliphatic heterocycles. The van der Waals surface area contributed by atoms with Crippen molar-refractivity contribution in [3.63, 3.8) is 0 Å². The van der Waals surface area contributed by atoms with E-state index in [0.717, 1.165) is 25.7 Å². The van der Waals surface area contributed by atoms with E-state index in [2.05, 4.69) is 16.9 Å². The van der Waals surface area contributed by atoms with Crippen LogP contribution in [0.4, 0.5) is 0 Å². The zero-order chi connectivity index (χ0) is 14.8. The number of nitrogens with one attached hydrogen (secondary N) is 1. The summed E-state index contributed by atoms with van der Waals surface area (Å²) in [5, 5.41) is 0.370. The zero-order valence-corrected chi connectivity index (χ0v) is 12.7. The van der Waals surface area contributed by atoms with E-state index in [9.17, 15) is 4.79 Å². The molecule has 0 aromatic carbocycles. The average Bonchev–Trinajstić information content (AvgIpc) is 2.66. The number of rotatable bonds is 6. The summed E-state index contributed by atoms with van der Waals surface area (Å²) in [6.07, 6.45) is 4.25. The normalized spacial score (nSPS) is 14.6. The Morgan fingerprint density at radius 1 is 1.45 bits per heavy atom. The highest BCUT2D eigenvalue weighted by Crippen LogP contribution is 2.17. The van der Waals surface area contributed by atoms with Gasteiger partial charge in [0.05, 0.1) is 5.52 Å². The van der Waals surface area contributed by atoms with Gasteiger partial charge in [-0.15, -0.1) is 0 Å². The van der Waals surface area contributed by atoms with Gasteiger partial charge in [-0.1, -0.05) is 37.8 Å². The molecule has 0 fully saturated rings. The number of imidazole rings is 1. The molecule has 5 nitrogen and oxygen atoms in total. The molecule has 0 bridgehead atoms. The van der Waals surface area contributed by atoms with E-state index >= 15 is 0 Å². The van der Waals surface area contributed by atoms with Crippen molar-refractivity contribution in [3.05, 3.63) is 27.8 Å². The van der Waals surface area contributed by atoms with Crippen molar-refractivity contribution < 1.29 is 0 Å². The summed E-state index contributed by atoms with van der Waals surface area (Å²) in [6.45, 7) is 4.56. The highest BCUT2D eigenvalue weighted by atomic mass is 35.5. The Morgan fingerprint density at radius 3 is 2.90 bits per heavy atom. The Balaban J connectivity index is 2.26. The molecule has 1 unspecified atom stereocenters. The molecule has 1 atom stereocenters. The smallest absolute Gasteiger partial charge is 0.324 e. The number of hydrogen-bond acceptors (Lipinski definition) is 3. The van der Waals surface area contributed by atoms with Gasteiger partial charge in [0.2, 0.25) is 0 Å². The van der Waals surface area contributed by atoms with Gasteiger partial charge in [-0.3, -0.25) is 4.57 Å². The summed E-state index contributed by atoms with van der Waals surface area (Å²) in [6, 6.07) is 3.42. The Morgan fingerprint density at radius 2 is 2.20 bits per heavy atom. The van der Waals surface area contributed by atoms with Crippen molar-refractivity contribution in [1.82, 2.24) is 14.5 Å². The van der Waals surface area contributed by atoms with Gasteiger partial charge in [-0.25, -0.2) is 9.78 Å². The van der Waals surface area contributed by atoms with Crippen molar-refractivity contribution in [3.8, 4) is 0 Å². The monoisotopic (exact) mass is 296 g/mol. The van der Waals surface area contributed by atoms with Crippen LogP contribution in [0.2, 0.25) is 5.15 Å². The first-order valence-corrected chi connectivity index (χ1v) is 7.35. The molecule has 6 heteroatoms. The molecule has 3 N–H and O–H groups in total. The third kappa shape index (κ3) is 3.41. The molecule has 2 heterocycles. The largest absolute Gasteiger partial charge is 0.327 e. The standard InChI is InChI=1S/C14H21ClN4O/c1-3-4-5-8-14(2,16)9-19-12-10(17-13(19)20)6-7-11(15)18-12/h6-7H,3-5,8-9,16H2,1-2H3,(H,17,20). The number of nitrogens with two attached hydrogens (primary N) is 1. The minimum atomic E-state index is -0.432. The number of aromatic amines is 1. The predicted molar refractivity (Wildman–Crippen MR) is 82.1 cm³/mol. The van der Waals surface area contributed by atoms with Gasteiger partial charge in [0.25, 0.3) is 0 Å². The maximum Gasteiger partial charge on any atom is 0.327 e. The number of pyridine rings is 1. The van der Waals surface area contributed by atoms with Gasteiger partial charge < -0.3 is 10.7 Å². The minimum Gasteiger partial charge on any atom is -0.324 e. The van der Waals surface area contributed by atoms with Crippen LogP contribution in [0, 0.1) is 0 Å². The summed E-state index contributed by atoms with van der Waals surface area (Å²) in [4.78, 5) is 19.0. The number of unbranched alkanes of at least 4 members (excludes halogenated alkanes) is 2. The fourth-order valence-corrected chi connectivity index (χ4v) is 2.52. The number of H-pyrrole nitrogens is 1. The van der Waals surface area contributed by atoms with Crippen LogP contribution >= 0.6 is 11.6 Å². The van der Waals surface area contributed by atoms with Gasteiger partial charge in [-0.2, -0.15) is 0 Å². The van der Waals surface area contributed by atoms with E-state index in [0.29, 0.717) is 22.9 Å². The second-order valence-corrected chi connectivity index (χ2v) is 6.02. The van der Waals surface area contributed by atoms with E-state index in [4.69, 9.17) is 17.3 Å². The van der Waals surface area contributed by atoms with Crippen LogP contribution in [-0.4, -0.2) is 20.1 Å². The number of fused-ring (bicyclic) bond motifs is 1. The zero-order valence-electron chi connectivity index (χ0n) is 11.9. The fraction of sp³-hybridized carbons (Fsp3) is 0.571. The molecular formula is C14H21ClN4O. The van der Waals surface area contributed by atoms with Gasteiger partial charge in [0.1, 0.15) is 5.15 Å². The molecular weight excluding hydrogens is 276 g/mol. The molecule has 0 saturated carbocycles. The molecule has 2 aromatic heterocycles. The molecule has 0 spiro atoms. The lowest BCUT2D eigenvalue weighted by atomic mass is 9.95. The van der Waals surface area contributed by atoms with Gasteiger partial charge in [0, 0.05) is 12.1 Å². The van der Waals surface area contributed by atoms with Gasteiger partial charge >= 0.3 is 5.69 Å². The maximum atomic E-state index is 12.0. The van der Waals surface area contributed by atoms with Crippen molar-refractivity contribution in [2.75, 3.05) is 0 Å². The van der Waals surface area contributed by atoms with Crippen molar-refractivity contribution in [1.29, 1.82) is 0 Å². The predicted octanol–water partition coefficient (Wildman–Crippen LogP) is 2.68. The van der Waals surface area contributed by atoms with Crippen LogP contribution in [0.15, 0.2) is 16.9 Å². The second kappa shape index (κ2) is 5.97. The number of aromatic nitrogens is 3. The molecule has 110 valence electrons. The Bertz CT molecular complexity index is 644. The lowest BCUT2D eigenvalue weighted by Gasteiger charge is -2.24. The molecule has 0 aliphatic carbocycles. The lowest BCUT2D eigenvalue weighted by Crippen LogP contribution is -2.43. The number of halogens is 1. The molecule has 0 amide bonds. The van der Waals surface area contributed by atoms with Crippen LogP contribution < -0.4 is 11.4 Å². The van der Waals surface area contributed by atoms with E-state index in [1.165, 1.54) is 0 Å². The summed E-state index contributed by atoms with van der Waals surface area (Å²) in [7, 11) is 0. The fourth-order valence-electron chi connectivity index (χ4n) is 2.37. The van der Waals surface area contributed by atoms with Crippen LogP contribution in [0.25, 0.3) is 11.2 Å². The minimum absolute atomic E-state index is 0.193. The lowest BCUT2D eigenvalue weighted by molar-refractivity contribution is 0.355. The van der Waals surface area contributed by atoms with Crippen LogP contribution in [0.3, 0.4) is 0 Å². The highest BCUT2D eigenvalue weighted by molar-refractivity contribution is 6.29. The quantitative estimate of drug-likeness (QED) is 0.635. The van der Waals surface area contributed by atoms with E-state index in [1.54, 1.807) is 16.7 Å². The van der Waals surface area contributed by atoms with Gasteiger partial charge in [-0.05, 0) is 25.5 Å². The summed E-state index contributed by atoms with van der Waals surface area (Å²) >= 11 is 5.90. The van der Waals surface area contributed by atoms with E-state index in [1.807, 2.05) is 6.92 Å². The Hall–Kier alpha value is -1.33. The van der Waals surface area contributed by atoms with Crippen molar-refractivity contribution in [2.24, 2.45) is 5.73 Å². The van der Waals surface area contributed by atoms with Crippen LogP contribution in [0.1, 0.15) is 39.5 Å². The molecule has 0 aliphatic rings. The molecule has 0 saturated heterocycles. The maximum absolute atomic E-state index is 12.0. The molecule has 20 heavy (non-hydrogen) atoms. The third-order valence-electron chi connectivity index (χ3n) is 3.45. The first-order valence-electron chi connectivity index (χ1n) is 6.97. The van der Waals surface area contributed by atoms with E-state index < -0.39 is 5.54 Å². The molecule has 2 aromatic rings. The first-order chi connectivity index (χ1) is 9.43. The topological polar surface area (TPSA) is 76.7 Å². The van der Waals surface area contributed by atoms with Crippen molar-refractivity contribution >= 4 is 22.8 Å². The van der Waals surface area contributed by atoms with Crippen molar-refractivity contribution in [2.45, 2.75) is 51.6 Å². The summed E-state index contributed by atoms with van der Waals surface area (Å²) < 4.78 is 1.58. The van der Waals surface area contributed by atoms with E-state index in [-0.39, 0.29) is 5.69 Å². The Kier molecular flexibility index (Phi) is 4.50. The average molecular weight is 297 g/mol. The SMILES string of the molecule is CCCCCC(C)(N)Cn1c(=O)[nH]c2ccc(Cl)nc21. The van der Waals surface area contributed by atoms with Gasteiger partial charge in [0.15, 0.2) is 5.65 Å². The summed E-state index contributed by atoms with van der Waals surface area (Å²) in [5.74, 6) is 0. The Labute approximate surface area is 123 Å². The number of hydrogen-bond donors (Lipinski definition) is 2. The number of nitrogens with zero attached hydrogens (tertiary/aromatic N) is 2. The first kappa shape index (κ1) is 15.1.